The van der Waals surface area contributed by atoms with Crippen LogP contribution in [-0.4, -0.2) is 6.54 Å². The predicted octanol–water partition coefficient (Wildman–Crippen LogP) is 6.66. The first kappa shape index (κ1) is 22.3. The van der Waals surface area contributed by atoms with E-state index >= 15 is 0 Å². The summed E-state index contributed by atoms with van der Waals surface area (Å²) in [5.41, 5.74) is 5.69. The number of unbranched alkanes of at least 4 members (excludes halogenated alkanes) is 15. The Hall–Kier alpha value is -0.660. The normalized spacial score (nSPS) is 11.8. The van der Waals surface area contributed by atoms with Gasteiger partial charge in [-0.25, -0.2) is 0 Å². The molecule has 0 radical (unpaired) electrons. The van der Waals surface area contributed by atoms with E-state index in [2.05, 4.69) is 12.2 Å². The molecule has 0 aromatic carbocycles. The van der Waals surface area contributed by atoms with Gasteiger partial charge in [0, 0.05) is 6.54 Å². The lowest BCUT2D eigenvalue weighted by Gasteiger charge is -2.06. The van der Waals surface area contributed by atoms with E-state index in [4.69, 9.17) is 5.73 Å². The van der Waals surface area contributed by atoms with Crippen LogP contribution in [0.1, 0.15) is 117 Å². The average molecular weight is 325 g/mol. The van der Waals surface area contributed by atoms with Crippen molar-refractivity contribution in [3.8, 4) is 0 Å². The molecule has 0 aliphatic heterocycles. The second-order valence-corrected chi connectivity index (χ2v) is 6.97. The van der Waals surface area contributed by atoms with E-state index in [0.717, 1.165) is 12.4 Å². The smallest absolute Gasteiger partial charge is 0.0916 e. The summed E-state index contributed by atoms with van der Waals surface area (Å²) in [4.78, 5) is 0. The summed E-state index contributed by atoms with van der Waals surface area (Å²) >= 11 is 0. The van der Waals surface area contributed by atoms with Crippen LogP contribution in [0.15, 0.2) is 11.9 Å². The van der Waals surface area contributed by atoms with Crippen LogP contribution < -0.4 is 11.1 Å². The quantitative estimate of drug-likeness (QED) is 0.277. The highest BCUT2D eigenvalue weighted by Crippen LogP contribution is 2.13. The third-order valence-corrected chi connectivity index (χ3v) is 4.67. The SMILES string of the molecule is C/C=C(\N)NCCCCCCCCCCCCCCCCCC. The number of hydrogen-bond acceptors (Lipinski definition) is 2. The number of rotatable bonds is 18. The van der Waals surface area contributed by atoms with Gasteiger partial charge in [0.2, 0.25) is 0 Å². The van der Waals surface area contributed by atoms with Crippen molar-refractivity contribution >= 4 is 0 Å². The fourth-order valence-electron chi connectivity index (χ4n) is 3.01. The number of allylic oxidation sites excluding steroid dienone is 1. The maximum absolute atomic E-state index is 5.69. The van der Waals surface area contributed by atoms with Gasteiger partial charge in [-0.05, 0) is 19.4 Å². The van der Waals surface area contributed by atoms with Gasteiger partial charge in [0.25, 0.3) is 0 Å². The van der Waals surface area contributed by atoms with E-state index < -0.39 is 0 Å². The highest BCUT2D eigenvalue weighted by Gasteiger charge is 1.94. The van der Waals surface area contributed by atoms with Crippen molar-refractivity contribution in [2.75, 3.05) is 6.54 Å². The first-order valence-electron chi connectivity index (χ1n) is 10.5. The first-order chi connectivity index (χ1) is 11.3. The third kappa shape index (κ3) is 19.3. The van der Waals surface area contributed by atoms with Gasteiger partial charge in [0.05, 0.1) is 5.82 Å². The summed E-state index contributed by atoms with van der Waals surface area (Å²) in [6, 6.07) is 0. The van der Waals surface area contributed by atoms with Crippen molar-refractivity contribution < 1.29 is 0 Å². The lowest BCUT2D eigenvalue weighted by atomic mass is 10.0. The summed E-state index contributed by atoms with van der Waals surface area (Å²) in [5.74, 6) is 0.811. The van der Waals surface area contributed by atoms with E-state index in [-0.39, 0.29) is 0 Å². The molecule has 0 spiro atoms. The van der Waals surface area contributed by atoms with Gasteiger partial charge in [0.1, 0.15) is 0 Å². The molecular formula is C21H44N2. The fourth-order valence-corrected chi connectivity index (χ4v) is 3.01. The minimum atomic E-state index is 0.811. The largest absolute Gasteiger partial charge is 0.386 e. The van der Waals surface area contributed by atoms with Crippen molar-refractivity contribution in [2.45, 2.75) is 117 Å². The van der Waals surface area contributed by atoms with E-state index in [9.17, 15) is 0 Å². The summed E-state index contributed by atoms with van der Waals surface area (Å²) in [6.07, 6.45) is 24.7. The Kier molecular flexibility index (Phi) is 18.8. The Morgan fingerprint density at radius 3 is 1.35 bits per heavy atom. The lowest BCUT2D eigenvalue weighted by Crippen LogP contribution is -2.20. The van der Waals surface area contributed by atoms with Crippen molar-refractivity contribution in [3.63, 3.8) is 0 Å². The fraction of sp³-hybridized carbons (Fsp3) is 0.905. The molecule has 138 valence electrons. The molecule has 2 nitrogen and oxygen atoms in total. The molecule has 0 saturated heterocycles. The van der Waals surface area contributed by atoms with Crippen molar-refractivity contribution in [1.82, 2.24) is 5.32 Å². The van der Waals surface area contributed by atoms with Gasteiger partial charge in [-0.2, -0.15) is 0 Å². The van der Waals surface area contributed by atoms with Crippen LogP contribution in [0.25, 0.3) is 0 Å². The van der Waals surface area contributed by atoms with Crippen molar-refractivity contribution in [3.05, 3.63) is 11.9 Å². The molecule has 0 heterocycles. The molecule has 0 amide bonds. The van der Waals surface area contributed by atoms with Gasteiger partial charge in [0.15, 0.2) is 0 Å². The Labute approximate surface area is 146 Å². The molecule has 23 heavy (non-hydrogen) atoms. The molecular weight excluding hydrogens is 280 g/mol. The second kappa shape index (κ2) is 19.4. The molecule has 2 heteroatoms. The van der Waals surface area contributed by atoms with Crippen LogP contribution >= 0.6 is 0 Å². The molecule has 0 aliphatic carbocycles. The van der Waals surface area contributed by atoms with Crippen LogP contribution in [0.4, 0.5) is 0 Å². The van der Waals surface area contributed by atoms with Crippen LogP contribution in [-0.2, 0) is 0 Å². The van der Waals surface area contributed by atoms with Gasteiger partial charge in [-0.15, -0.1) is 0 Å². The first-order valence-corrected chi connectivity index (χ1v) is 10.5. The molecule has 0 unspecified atom stereocenters. The highest BCUT2D eigenvalue weighted by atomic mass is 15.0. The maximum Gasteiger partial charge on any atom is 0.0916 e. The van der Waals surface area contributed by atoms with Crippen molar-refractivity contribution in [1.29, 1.82) is 0 Å². The molecule has 0 fully saturated rings. The maximum atomic E-state index is 5.69. The zero-order valence-corrected chi connectivity index (χ0v) is 16.2. The molecule has 0 atom stereocenters. The Morgan fingerprint density at radius 2 is 1.00 bits per heavy atom. The minimum absolute atomic E-state index is 0.811. The molecule has 0 aromatic heterocycles. The molecule has 0 rings (SSSR count). The summed E-state index contributed by atoms with van der Waals surface area (Å²) in [6.45, 7) is 5.28. The number of hydrogen-bond donors (Lipinski definition) is 2. The standard InChI is InChI=1S/C21H44N2/c1-3-5-6-7-8-9-10-11-12-13-14-15-16-17-18-19-20-23-21(22)4-2/h4,23H,3,5-20,22H2,1-2H3/b21-4+. The van der Waals surface area contributed by atoms with Crippen molar-refractivity contribution in [2.24, 2.45) is 5.73 Å². The van der Waals surface area contributed by atoms with E-state index in [0.29, 0.717) is 0 Å². The highest BCUT2D eigenvalue weighted by molar-refractivity contribution is 4.90. The van der Waals surface area contributed by atoms with Gasteiger partial charge in [-0.1, -0.05) is 103 Å². The predicted molar refractivity (Wildman–Crippen MR) is 105 cm³/mol. The summed E-state index contributed by atoms with van der Waals surface area (Å²) < 4.78 is 0. The molecule has 0 aliphatic rings. The second-order valence-electron chi connectivity index (χ2n) is 6.97. The van der Waals surface area contributed by atoms with Gasteiger partial charge >= 0.3 is 0 Å². The summed E-state index contributed by atoms with van der Waals surface area (Å²) in [7, 11) is 0. The van der Waals surface area contributed by atoms with Crippen LogP contribution in [0, 0.1) is 0 Å². The van der Waals surface area contributed by atoms with Crippen LogP contribution in [0.2, 0.25) is 0 Å². The molecule has 0 saturated carbocycles. The molecule has 3 N–H and O–H groups in total. The Bertz CT molecular complexity index is 248. The average Bonchev–Trinajstić information content (AvgIpc) is 2.57. The number of nitrogens with two attached hydrogens (primary N) is 1. The monoisotopic (exact) mass is 324 g/mol. The lowest BCUT2D eigenvalue weighted by molar-refractivity contribution is 0.528. The van der Waals surface area contributed by atoms with E-state index in [1.165, 1.54) is 103 Å². The number of nitrogens with one attached hydrogen (secondary N) is 1. The van der Waals surface area contributed by atoms with Gasteiger partial charge in [-0.3, -0.25) is 0 Å². The molecule has 0 bridgehead atoms. The van der Waals surface area contributed by atoms with E-state index in [1.807, 2.05) is 13.0 Å². The topological polar surface area (TPSA) is 38.0 Å². The molecule has 0 aromatic rings. The van der Waals surface area contributed by atoms with E-state index in [1.54, 1.807) is 0 Å². The minimum Gasteiger partial charge on any atom is -0.386 e. The summed E-state index contributed by atoms with van der Waals surface area (Å²) in [5, 5.41) is 3.22. The Balaban J connectivity index is 3.00. The zero-order chi connectivity index (χ0) is 17.0. The third-order valence-electron chi connectivity index (χ3n) is 4.67. The van der Waals surface area contributed by atoms with Gasteiger partial charge < -0.3 is 11.1 Å². The van der Waals surface area contributed by atoms with Crippen LogP contribution in [0.5, 0.6) is 0 Å². The van der Waals surface area contributed by atoms with Crippen LogP contribution in [0.3, 0.4) is 0 Å². The Morgan fingerprint density at radius 1 is 0.652 bits per heavy atom. The zero-order valence-electron chi connectivity index (χ0n) is 16.2.